The molecule has 3 aliphatic rings. The number of ketones is 1. The van der Waals surface area contributed by atoms with E-state index in [0.29, 0.717) is 30.4 Å². The minimum absolute atomic E-state index is 0.273. The molecule has 0 saturated carbocycles. The summed E-state index contributed by atoms with van der Waals surface area (Å²) in [5.74, 6) is -0.529. The molecule has 0 unspecified atom stereocenters. The molecule has 2 aromatic carbocycles. The van der Waals surface area contributed by atoms with Crippen LogP contribution in [0.2, 0.25) is 0 Å². The number of hydrogen-bond acceptors (Lipinski definition) is 6. The number of primary amides is 1. The van der Waals surface area contributed by atoms with Crippen molar-refractivity contribution in [1.82, 2.24) is 4.90 Å². The third-order valence-corrected chi connectivity index (χ3v) is 6.88. The molecule has 2 aromatic rings. The van der Waals surface area contributed by atoms with E-state index in [1.165, 1.54) is 31.5 Å². The minimum atomic E-state index is -0.913. The number of fused-ring (bicyclic) bond motifs is 1. The van der Waals surface area contributed by atoms with E-state index in [4.69, 9.17) is 19.9 Å². The lowest BCUT2D eigenvalue weighted by Crippen LogP contribution is -2.23. The summed E-state index contributed by atoms with van der Waals surface area (Å²) in [7, 11) is 0. The quantitative estimate of drug-likeness (QED) is 0.460. The Labute approximate surface area is 211 Å². The Morgan fingerprint density at radius 1 is 0.972 bits per heavy atom. The van der Waals surface area contributed by atoms with Gasteiger partial charge in [0.2, 0.25) is 5.78 Å². The average Bonchev–Trinajstić information content (AvgIpc) is 3.43. The van der Waals surface area contributed by atoms with Crippen LogP contribution in [0.1, 0.15) is 59.5 Å². The number of nitrogens with two attached hydrogens (primary N) is 1. The van der Waals surface area contributed by atoms with Crippen molar-refractivity contribution in [2.75, 3.05) is 46.1 Å². The van der Waals surface area contributed by atoms with Crippen molar-refractivity contribution in [2.45, 2.75) is 44.4 Å². The van der Waals surface area contributed by atoms with Crippen molar-refractivity contribution in [2.24, 2.45) is 5.73 Å². The van der Waals surface area contributed by atoms with Gasteiger partial charge in [-0.05, 0) is 87.3 Å². The Morgan fingerprint density at radius 3 is 2.36 bits per heavy atom. The van der Waals surface area contributed by atoms with Gasteiger partial charge in [-0.1, -0.05) is 24.3 Å². The Morgan fingerprint density at radius 2 is 1.67 bits per heavy atom. The first-order valence-corrected chi connectivity index (χ1v) is 12.8. The molecular weight excluding hydrogens is 463 g/mol. The van der Waals surface area contributed by atoms with Crippen LogP contribution < -0.4 is 15.2 Å². The second-order valence-corrected chi connectivity index (χ2v) is 9.46. The molecule has 0 bridgehead atoms. The summed E-state index contributed by atoms with van der Waals surface area (Å²) in [4.78, 5) is 24.6. The zero-order valence-corrected chi connectivity index (χ0v) is 20.7. The second-order valence-electron chi connectivity index (χ2n) is 9.46. The van der Waals surface area contributed by atoms with Crippen molar-refractivity contribution < 1.29 is 28.2 Å². The van der Waals surface area contributed by atoms with Gasteiger partial charge in [-0.25, -0.2) is 4.39 Å². The lowest BCUT2D eigenvalue weighted by atomic mass is 9.91. The van der Waals surface area contributed by atoms with Crippen molar-refractivity contribution >= 4 is 11.7 Å². The minimum Gasteiger partial charge on any atom is -0.486 e. The molecule has 2 saturated heterocycles. The normalized spacial score (nSPS) is 17.8. The lowest BCUT2D eigenvalue weighted by molar-refractivity contribution is -0.114. The number of benzene rings is 2. The van der Waals surface area contributed by atoms with Gasteiger partial charge in [0, 0.05) is 18.8 Å². The molecule has 0 spiro atoms. The molecule has 8 heteroatoms. The van der Waals surface area contributed by atoms with Crippen LogP contribution in [0.5, 0.6) is 11.5 Å². The number of Topliss-reactive ketones (excluding diaryl/α,β-unsaturated/α-hetero) is 1. The number of halogens is 1. The fourth-order valence-electron chi connectivity index (χ4n) is 4.90. The highest BCUT2D eigenvalue weighted by Crippen LogP contribution is 2.34. The first-order chi connectivity index (χ1) is 17.5. The molecule has 36 heavy (non-hydrogen) atoms. The van der Waals surface area contributed by atoms with E-state index in [1.807, 2.05) is 18.2 Å². The van der Waals surface area contributed by atoms with Crippen LogP contribution in [-0.4, -0.2) is 62.7 Å². The summed E-state index contributed by atoms with van der Waals surface area (Å²) >= 11 is 0. The average molecular weight is 499 g/mol. The van der Waals surface area contributed by atoms with Gasteiger partial charge in [-0.3, -0.25) is 9.59 Å². The second kappa shape index (κ2) is 12.8. The molecule has 2 N–H and O–H groups in total. The van der Waals surface area contributed by atoms with E-state index in [1.54, 1.807) is 18.2 Å². The molecule has 3 aliphatic heterocycles. The lowest BCUT2D eigenvalue weighted by Gasteiger charge is -2.22. The van der Waals surface area contributed by atoms with E-state index in [-0.39, 0.29) is 11.6 Å². The predicted molar refractivity (Wildman–Crippen MR) is 134 cm³/mol. The van der Waals surface area contributed by atoms with Gasteiger partial charge >= 0.3 is 0 Å². The topological polar surface area (TPSA) is 91.1 Å². The van der Waals surface area contributed by atoms with Crippen LogP contribution in [0.4, 0.5) is 4.39 Å². The summed E-state index contributed by atoms with van der Waals surface area (Å²) < 4.78 is 29.9. The van der Waals surface area contributed by atoms with Crippen molar-refractivity contribution in [3.8, 4) is 11.5 Å². The first-order valence-electron chi connectivity index (χ1n) is 12.8. The highest BCUT2D eigenvalue weighted by Gasteiger charge is 2.19. The molecule has 5 rings (SSSR count). The van der Waals surface area contributed by atoms with Gasteiger partial charge in [0.25, 0.3) is 5.91 Å². The van der Waals surface area contributed by atoms with Crippen LogP contribution >= 0.6 is 0 Å². The van der Waals surface area contributed by atoms with Crippen molar-refractivity contribution in [3.05, 3.63) is 58.9 Å². The number of carbonyl (C=O) groups is 2. The first kappa shape index (κ1) is 26.1. The molecular formula is C28H35FN2O5. The summed E-state index contributed by atoms with van der Waals surface area (Å²) in [6.07, 6.45) is 6.60. The zero-order valence-electron chi connectivity index (χ0n) is 20.7. The van der Waals surface area contributed by atoms with Crippen molar-refractivity contribution in [1.29, 1.82) is 0 Å². The van der Waals surface area contributed by atoms with Gasteiger partial charge in [0.1, 0.15) is 13.2 Å². The number of carbonyl (C=O) groups excluding carboxylic acids is 2. The number of nitrogens with zero attached hydrogens (tertiary/aromatic N) is 1. The smallest absolute Gasteiger partial charge is 0.289 e. The molecule has 1 amide bonds. The van der Waals surface area contributed by atoms with Gasteiger partial charge < -0.3 is 24.8 Å². The molecule has 2 fully saturated rings. The van der Waals surface area contributed by atoms with Gasteiger partial charge in [0.15, 0.2) is 17.3 Å². The van der Waals surface area contributed by atoms with Crippen molar-refractivity contribution in [3.63, 3.8) is 0 Å². The summed E-state index contributed by atoms with van der Waals surface area (Å²) in [6.45, 7) is 6.04. The predicted octanol–water partition coefficient (Wildman–Crippen LogP) is 3.87. The van der Waals surface area contributed by atoms with Crippen LogP contribution in [0.3, 0.4) is 0 Å². The summed E-state index contributed by atoms with van der Waals surface area (Å²) in [6, 6.07) is 10.6. The van der Waals surface area contributed by atoms with E-state index >= 15 is 0 Å². The number of likely N-dealkylation sites (tertiary alicyclic amines) is 1. The number of hydrogen-bond donors (Lipinski definition) is 1. The molecule has 194 valence electrons. The standard InChI is InChI=1S/C15H20FNO2.C13H15NO3/c16-13-10-12(4-3-7-17-5-1-2-6-17)11-14-15(13)19-9-8-18-14;14-13(16)12(15)11-3-1-9(2-4-11)10-5-7-17-8-6-10/h10-11H,1-9H2;1-4,10H,5-8H2,(H2,14,16). The maximum absolute atomic E-state index is 13.8. The van der Waals surface area contributed by atoms with Gasteiger partial charge in [0.05, 0.1) is 0 Å². The molecule has 0 atom stereocenters. The van der Waals surface area contributed by atoms with E-state index in [2.05, 4.69) is 4.90 Å². The van der Waals surface area contributed by atoms with E-state index in [0.717, 1.165) is 51.0 Å². The Bertz CT molecular complexity index is 1030. The number of ether oxygens (including phenoxy) is 3. The zero-order chi connectivity index (χ0) is 25.3. The molecule has 3 heterocycles. The largest absolute Gasteiger partial charge is 0.486 e. The fraction of sp³-hybridized carbons (Fsp3) is 0.500. The third kappa shape index (κ3) is 7.04. The fourth-order valence-corrected chi connectivity index (χ4v) is 4.90. The van der Waals surface area contributed by atoms with Gasteiger partial charge in [-0.15, -0.1) is 0 Å². The van der Waals surface area contributed by atoms with Crippen LogP contribution in [0.15, 0.2) is 36.4 Å². The maximum Gasteiger partial charge on any atom is 0.289 e. The van der Waals surface area contributed by atoms with Crippen LogP contribution in [0, 0.1) is 5.82 Å². The monoisotopic (exact) mass is 498 g/mol. The Balaban J connectivity index is 0.000000170. The molecule has 0 aromatic heterocycles. The van der Waals surface area contributed by atoms with Crippen LogP contribution in [-0.2, 0) is 16.0 Å². The van der Waals surface area contributed by atoms with E-state index < -0.39 is 11.7 Å². The highest BCUT2D eigenvalue weighted by molar-refractivity contribution is 6.42. The highest BCUT2D eigenvalue weighted by atomic mass is 19.1. The number of aryl methyl sites for hydroxylation is 1. The molecule has 0 radical (unpaired) electrons. The van der Waals surface area contributed by atoms with Crippen LogP contribution in [0.25, 0.3) is 0 Å². The Hall–Kier alpha value is -2.97. The SMILES string of the molecule is Fc1cc(CCCN2CCCC2)cc2c1OCCO2.NC(=O)C(=O)c1ccc(C2CCOCC2)cc1. The molecule has 7 nitrogen and oxygen atoms in total. The summed E-state index contributed by atoms with van der Waals surface area (Å²) in [5.41, 5.74) is 7.49. The van der Waals surface area contributed by atoms with Gasteiger partial charge in [-0.2, -0.15) is 0 Å². The maximum atomic E-state index is 13.8. The summed E-state index contributed by atoms with van der Waals surface area (Å²) in [5, 5.41) is 0. The Kier molecular flexibility index (Phi) is 9.30. The number of rotatable bonds is 7. The van der Waals surface area contributed by atoms with E-state index in [9.17, 15) is 14.0 Å². The third-order valence-electron chi connectivity index (χ3n) is 6.88. The number of amides is 1. The molecule has 0 aliphatic carbocycles.